The standard InChI is InChI=1S/C59H37N3S/c1-3-15-38(16-4-1)39-29-35-44(36-30-39)57-60-58(50-25-12-9-22-47(50)40-17-5-2-6-18-40)62-59(61-57)51-27-14-28-54-55(51)53-37-52(48-23-10-11-24-49(48)56(53)63-54)43-33-31-42(32-34-43)46-26-13-20-41-19-7-8-21-45(41)46/h1-37H. The Morgan fingerprint density at radius 2 is 0.746 bits per heavy atom. The minimum absolute atomic E-state index is 0.631. The summed E-state index contributed by atoms with van der Waals surface area (Å²) in [4.78, 5) is 15.9. The third kappa shape index (κ3) is 6.56. The van der Waals surface area contributed by atoms with Crippen LogP contribution in [0.4, 0.5) is 0 Å². The molecule has 0 unspecified atom stereocenters. The number of fused-ring (bicyclic) bond motifs is 6. The van der Waals surface area contributed by atoms with Crippen LogP contribution in [0.3, 0.4) is 0 Å². The number of hydrogen-bond donors (Lipinski definition) is 0. The van der Waals surface area contributed by atoms with Gasteiger partial charge >= 0.3 is 0 Å². The zero-order valence-electron chi connectivity index (χ0n) is 34.1. The molecule has 0 aliphatic rings. The summed E-state index contributed by atoms with van der Waals surface area (Å²) in [6.45, 7) is 0. The fourth-order valence-electron chi connectivity index (χ4n) is 9.12. The molecule has 0 saturated heterocycles. The maximum absolute atomic E-state index is 5.37. The fraction of sp³-hybridized carbons (Fsp3) is 0. The van der Waals surface area contributed by atoms with Gasteiger partial charge in [0.05, 0.1) is 0 Å². The predicted octanol–water partition coefficient (Wildman–Crippen LogP) is 16.2. The smallest absolute Gasteiger partial charge is 0.164 e. The van der Waals surface area contributed by atoms with E-state index in [1.54, 1.807) is 0 Å². The maximum atomic E-state index is 5.37. The molecule has 4 heteroatoms. The lowest BCUT2D eigenvalue weighted by Crippen LogP contribution is -2.01. The van der Waals surface area contributed by atoms with E-state index in [4.69, 9.17) is 15.0 Å². The van der Waals surface area contributed by atoms with Crippen LogP contribution in [-0.4, -0.2) is 15.0 Å². The van der Waals surface area contributed by atoms with E-state index in [1.165, 1.54) is 64.1 Å². The van der Waals surface area contributed by atoms with Gasteiger partial charge in [0.2, 0.25) is 0 Å². The summed E-state index contributed by atoms with van der Waals surface area (Å²) in [6.07, 6.45) is 0. The van der Waals surface area contributed by atoms with Crippen molar-refractivity contribution in [3.8, 4) is 78.7 Å². The summed E-state index contributed by atoms with van der Waals surface area (Å²) in [5, 5.41) is 7.32. The summed E-state index contributed by atoms with van der Waals surface area (Å²) in [7, 11) is 0. The third-order valence-corrected chi connectivity index (χ3v) is 13.4. The van der Waals surface area contributed by atoms with E-state index in [0.717, 1.165) is 38.8 Å². The normalized spacial score (nSPS) is 11.5. The zero-order chi connectivity index (χ0) is 41.7. The minimum atomic E-state index is 0.631. The highest BCUT2D eigenvalue weighted by atomic mass is 32.1. The Balaban J connectivity index is 1.05. The fourth-order valence-corrected chi connectivity index (χ4v) is 10.4. The second kappa shape index (κ2) is 15.4. The molecule has 0 spiro atoms. The summed E-state index contributed by atoms with van der Waals surface area (Å²) < 4.78 is 2.45. The average Bonchev–Trinajstić information content (AvgIpc) is 3.76. The van der Waals surface area contributed by atoms with E-state index in [9.17, 15) is 0 Å². The van der Waals surface area contributed by atoms with Crippen LogP contribution in [0.5, 0.6) is 0 Å². The molecule has 0 saturated carbocycles. The quantitative estimate of drug-likeness (QED) is 0.161. The van der Waals surface area contributed by atoms with Crippen molar-refractivity contribution in [3.63, 3.8) is 0 Å². The van der Waals surface area contributed by atoms with Gasteiger partial charge in [-0.15, -0.1) is 11.3 Å². The first-order valence-electron chi connectivity index (χ1n) is 21.3. The first kappa shape index (κ1) is 36.8. The monoisotopic (exact) mass is 819 g/mol. The lowest BCUT2D eigenvalue weighted by Gasteiger charge is -2.13. The third-order valence-electron chi connectivity index (χ3n) is 12.2. The van der Waals surface area contributed by atoms with Gasteiger partial charge in [-0.25, -0.2) is 15.0 Å². The molecule has 0 fully saturated rings. The van der Waals surface area contributed by atoms with Crippen molar-refractivity contribution >= 4 is 53.1 Å². The first-order chi connectivity index (χ1) is 31.2. The summed E-state index contributed by atoms with van der Waals surface area (Å²) in [5.74, 6) is 1.91. The molecule has 0 radical (unpaired) electrons. The molecule has 12 rings (SSSR count). The molecule has 294 valence electrons. The summed E-state index contributed by atoms with van der Waals surface area (Å²) >= 11 is 1.83. The van der Waals surface area contributed by atoms with Gasteiger partial charge in [-0.2, -0.15) is 0 Å². The van der Waals surface area contributed by atoms with Gasteiger partial charge < -0.3 is 0 Å². The highest BCUT2D eigenvalue weighted by Gasteiger charge is 2.21. The molecule has 0 atom stereocenters. The maximum Gasteiger partial charge on any atom is 0.164 e. The van der Waals surface area contributed by atoms with Crippen LogP contribution < -0.4 is 0 Å². The molecule has 10 aromatic carbocycles. The van der Waals surface area contributed by atoms with Gasteiger partial charge in [0.15, 0.2) is 17.5 Å². The van der Waals surface area contributed by atoms with Crippen molar-refractivity contribution in [2.75, 3.05) is 0 Å². The van der Waals surface area contributed by atoms with E-state index in [2.05, 4.69) is 212 Å². The lowest BCUT2D eigenvalue weighted by atomic mass is 9.92. The predicted molar refractivity (Wildman–Crippen MR) is 266 cm³/mol. The van der Waals surface area contributed by atoms with Gasteiger partial charge in [-0.05, 0) is 72.8 Å². The molecule has 63 heavy (non-hydrogen) atoms. The lowest BCUT2D eigenvalue weighted by molar-refractivity contribution is 1.08. The zero-order valence-corrected chi connectivity index (χ0v) is 34.9. The van der Waals surface area contributed by atoms with Gasteiger partial charge in [-0.1, -0.05) is 212 Å². The second-order valence-corrected chi connectivity index (χ2v) is 16.9. The average molecular weight is 820 g/mol. The Morgan fingerprint density at radius 3 is 1.51 bits per heavy atom. The van der Waals surface area contributed by atoms with Crippen molar-refractivity contribution < 1.29 is 0 Å². The van der Waals surface area contributed by atoms with Crippen LogP contribution in [0.2, 0.25) is 0 Å². The molecular weight excluding hydrogens is 783 g/mol. The van der Waals surface area contributed by atoms with Gasteiger partial charge in [0.25, 0.3) is 0 Å². The Morgan fingerprint density at radius 1 is 0.270 bits per heavy atom. The van der Waals surface area contributed by atoms with Crippen molar-refractivity contribution in [2.45, 2.75) is 0 Å². The number of aromatic nitrogens is 3. The van der Waals surface area contributed by atoms with Crippen molar-refractivity contribution in [1.29, 1.82) is 0 Å². The van der Waals surface area contributed by atoms with Crippen LogP contribution in [-0.2, 0) is 0 Å². The molecule has 0 amide bonds. The van der Waals surface area contributed by atoms with Crippen molar-refractivity contribution in [3.05, 3.63) is 224 Å². The molecule has 0 aliphatic carbocycles. The first-order valence-corrected chi connectivity index (χ1v) is 22.1. The van der Waals surface area contributed by atoms with E-state index >= 15 is 0 Å². The van der Waals surface area contributed by atoms with Gasteiger partial charge in [0.1, 0.15) is 0 Å². The molecule has 3 nitrogen and oxygen atoms in total. The molecule has 0 N–H and O–H groups in total. The Hall–Kier alpha value is -8.05. The molecule has 12 aromatic rings. The second-order valence-electron chi connectivity index (χ2n) is 15.9. The number of benzene rings is 10. The Bertz CT molecular complexity index is 3650. The molecule has 0 aliphatic heterocycles. The number of nitrogens with zero attached hydrogens (tertiary/aromatic N) is 3. The molecule has 2 aromatic heterocycles. The van der Waals surface area contributed by atoms with Crippen molar-refractivity contribution in [1.82, 2.24) is 15.0 Å². The number of hydrogen-bond acceptors (Lipinski definition) is 4. The number of thiophene rings is 1. The van der Waals surface area contributed by atoms with Gasteiger partial charge in [-0.3, -0.25) is 0 Å². The van der Waals surface area contributed by atoms with E-state index < -0.39 is 0 Å². The topological polar surface area (TPSA) is 38.7 Å². The van der Waals surface area contributed by atoms with Crippen LogP contribution in [0.25, 0.3) is 120 Å². The Kier molecular flexibility index (Phi) is 9.02. The molecular formula is C59H37N3S. The minimum Gasteiger partial charge on any atom is -0.208 e. The van der Waals surface area contributed by atoms with Crippen LogP contribution in [0.1, 0.15) is 0 Å². The largest absolute Gasteiger partial charge is 0.208 e. The van der Waals surface area contributed by atoms with Crippen LogP contribution >= 0.6 is 11.3 Å². The Labute approximate surface area is 369 Å². The SMILES string of the molecule is c1ccc(-c2ccc(-c3nc(-c4ccccc4-c4ccccc4)nc(-c4cccc5sc6c7ccccc7c(-c7ccc(-c8cccc9ccccc89)cc7)cc6c45)n3)cc2)cc1. The molecule has 0 bridgehead atoms. The van der Waals surface area contributed by atoms with Crippen molar-refractivity contribution in [2.24, 2.45) is 0 Å². The van der Waals surface area contributed by atoms with E-state index in [0.29, 0.717) is 17.5 Å². The number of rotatable bonds is 7. The van der Waals surface area contributed by atoms with E-state index in [-0.39, 0.29) is 0 Å². The summed E-state index contributed by atoms with van der Waals surface area (Å²) in [5.41, 5.74) is 12.2. The highest BCUT2D eigenvalue weighted by molar-refractivity contribution is 7.26. The summed E-state index contributed by atoms with van der Waals surface area (Å²) in [6, 6.07) is 79.9. The van der Waals surface area contributed by atoms with E-state index in [1.807, 2.05) is 23.5 Å². The van der Waals surface area contributed by atoms with Crippen LogP contribution in [0, 0.1) is 0 Å². The van der Waals surface area contributed by atoms with Crippen LogP contribution in [0.15, 0.2) is 224 Å². The molecule has 2 heterocycles. The highest BCUT2D eigenvalue weighted by Crippen LogP contribution is 2.46. The van der Waals surface area contributed by atoms with Gasteiger partial charge in [0, 0.05) is 42.2 Å².